The van der Waals surface area contributed by atoms with Crippen molar-refractivity contribution in [1.29, 1.82) is 0 Å². The van der Waals surface area contributed by atoms with Gasteiger partial charge in [0.15, 0.2) is 0 Å². The quantitative estimate of drug-likeness (QED) is 0.0723. The number of alkyl halides is 6. The molecule has 5 aromatic rings. The van der Waals surface area contributed by atoms with E-state index in [0.717, 1.165) is 18.4 Å². The van der Waals surface area contributed by atoms with Gasteiger partial charge in [-0.15, -0.1) is 0 Å². The van der Waals surface area contributed by atoms with Crippen LogP contribution in [0.2, 0.25) is 0 Å². The van der Waals surface area contributed by atoms with Crippen LogP contribution in [0.15, 0.2) is 85.2 Å². The zero-order chi connectivity index (χ0) is 63.1. The molecule has 3 aliphatic rings. The monoisotopic (exact) mass is 1340 g/mol. The molecule has 2 saturated heterocycles. The Morgan fingerprint density at radius 2 is 1.10 bits per heavy atom. The van der Waals surface area contributed by atoms with E-state index in [1.807, 2.05) is 11.0 Å². The van der Waals surface area contributed by atoms with Crippen LogP contribution in [0.1, 0.15) is 143 Å². The molecule has 4 heterocycles. The number of benzene rings is 3. The Morgan fingerprint density at radius 3 is 1.48 bits per heavy atom. The van der Waals surface area contributed by atoms with Crippen molar-refractivity contribution in [1.82, 2.24) is 19.9 Å². The van der Waals surface area contributed by atoms with Crippen LogP contribution < -0.4 is 30.0 Å². The van der Waals surface area contributed by atoms with Gasteiger partial charge in [-0.25, -0.2) is 19.7 Å². The van der Waals surface area contributed by atoms with Crippen molar-refractivity contribution in [3.63, 3.8) is 0 Å². The Morgan fingerprint density at radius 1 is 0.655 bits per heavy atom. The second kappa shape index (κ2) is 28.9. The molecule has 22 heteroatoms. The van der Waals surface area contributed by atoms with Crippen molar-refractivity contribution in [3.05, 3.63) is 113 Å². The Labute approximate surface area is 513 Å². The van der Waals surface area contributed by atoms with E-state index in [4.69, 9.17) is 38.3 Å². The first-order chi connectivity index (χ1) is 38.8. The van der Waals surface area contributed by atoms with Crippen molar-refractivity contribution in [2.75, 3.05) is 76.3 Å². The molecule has 1 saturated carbocycles. The van der Waals surface area contributed by atoms with Crippen LogP contribution in [-0.4, -0.2) is 114 Å². The number of amides is 1. The fourth-order valence-corrected chi connectivity index (χ4v) is 19.0. The van der Waals surface area contributed by atoms with Gasteiger partial charge < -0.3 is 28.9 Å². The van der Waals surface area contributed by atoms with Crippen molar-refractivity contribution in [2.24, 2.45) is 0 Å². The van der Waals surface area contributed by atoms with Crippen molar-refractivity contribution in [3.8, 4) is 17.0 Å². The summed E-state index contributed by atoms with van der Waals surface area (Å²) in [5.74, 6) is 1.05. The first-order valence-electron chi connectivity index (χ1n) is 27.8. The molecule has 0 spiro atoms. The first-order valence-corrected chi connectivity index (χ1v) is 34.5. The topological polar surface area (TPSA) is 96.4 Å². The second-order valence-corrected chi connectivity index (χ2v) is 35.6. The summed E-state index contributed by atoms with van der Waals surface area (Å²) in [7, 11) is 19.1. The molecule has 2 atom stereocenters. The molecule has 84 heavy (non-hydrogen) atoms. The molecular formula is C62H85Cl2F6N7O4P2Pd. The van der Waals surface area contributed by atoms with Gasteiger partial charge in [0.25, 0.3) is 0 Å². The summed E-state index contributed by atoms with van der Waals surface area (Å²) in [6, 6.07) is 20.4. The third-order valence-electron chi connectivity index (χ3n) is 14.1. The number of morpholine rings is 1. The van der Waals surface area contributed by atoms with Crippen LogP contribution in [0.3, 0.4) is 0 Å². The molecule has 0 radical (unpaired) electrons. The van der Waals surface area contributed by atoms with Gasteiger partial charge in [0.2, 0.25) is 11.8 Å². The number of aromatic nitrogens is 3. The summed E-state index contributed by atoms with van der Waals surface area (Å²) in [5.41, 5.74) is 1.65. The summed E-state index contributed by atoms with van der Waals surface area (Å²) >= 11 is -0.106. The standard InChI is InChI=1S/C30H29F6N5O4.2C16H28NP.2ClH.Pd/c1-16-25(18-9-20(29(31,32)33)12-21(10-18)30(34,35)36)45-28(42)41(16)15-24-23(14-38-27(39-24)40-5-7-44-8-6-40)22-11-19(17-3-4-17)13-37-26(22)43-2;2*1-15(2,3)18(16(4,5)6)14-11-9-13(10-12-14)17(7)8;;;/h9-14,16-17,25H,3-8,15H2,1-2H3;2*9-12H,1-8H3;2*1H;/q;;;;;+2/p-2/t16-,25-;;;;;/m0...../s1. The Balaban J connectivity index is 0.000000272. The third kappa shape index (κ3) is 19.3. The van der Waals surface area contributed by atoms with Gasteiger partial charge in [0, 0.05) is 76.2 Å². The molecule has 8 rings (SSSR count). The SMILES string of the molecule is CN(C)c1ccc(P(C(C)(C)C)C(C)(C)C)cc1.CN(C)c1ccc(P(C(C)(C)C)C(C)(C)C)cc1.COc1ncc(C2CC2)cc1-c1cnc(N2CCOCC2)nc1CN1C(=O)O[C@H](c2cc(C(F)(F)F)cc(C(F)(F)F)c2)[C@@H]1C.[Cl][Pd][Cl]. The summed E-state index contributed by atoms with van der Waals surface area (Å²) < 4.78 is 97.8. The van der Waals surface area contributed by atoms with Crippen LogP contribution in [0, 0.1) is 0 Å². The van der Waals surface area contributed by atoms with Gasteiger partial charge in [-0.2, -0.15) is 26.3 Å². The van der Waals surface area contributed by atoms with Gasteiger partial charge in [-0.1, -0.05) is 123 Å². The molecule has 1 amide bonds. The fraction of sp³-hybridized carbons (Fsp3) is 0.548. The molecule has 2 aromatic heterocycles. The van der Waals surface area contributed by atoms with Crippen LogP contribution in [0.25, 0.3) is 11.1 Å². The average molecular weight is 1350 g/mol. The van der Waals surface area contributed by atoms with Gasteiger partial charge >= 0.3 is 53.4 Å². The van der Waals surface area contributed by atoms with Crippen molar-refractivity contribution in [2.45, 2.75) is 160 Å². The molecule has 11 nitrogen and oxygen atoms in total. The van der Waals surface area contributed by atoms with E-state index < -0.39 is 47.3 Å². The van der Waals surface area contributed by atoms with E-state index in [1.165, 1.54) is 40.9 Å². The molecule has 2 aliphatic heterocycles. The van der Waals surface area contributed by atoms with E-state index in [2.05, 4.69) is 180 Å². The van der Waals surface area contributed by atoms with Crippen molar-refractivity contribution >= 4 is 68.9 Å². The Kier molecular flexibility index (Phi) is 24.3. The van der Waals surface area contributed by atoms with E-state index in [9.17, 15) is 31.1 Å². The van der Waals surface area contributed by atoms with Crippen LogP contribution >= 0.6 is 34.9 Å². The first kappa shape index (κ1) is 70.8. The third-order valence-corrected chi connectivity index (χ3v) is 21.1. The summed E-state index contributed by atoms with van der Waals surface area (Å²) in [6.45, 7) is 31.7. The molecule has 0 unspecified atom stereocenters. The van der Waals surface area contributed by atoms with E-state index in [1.54, 1.807) is 12.4 Å². The zero-order valence-corrected chi connectivity index (χ0v) is 56.6. The summed E-state index contributed by atoms with van der Waals surface area (Å²) in [5, 5.41) is 4.38. The predicted octanol–water partition coefficient (Wildman–Crippen LogP) is 16.7. The number of halogens is 8. The number of nitrogens with zero attached hydrogens (tertiary/aromatic N) is 7. The van der Waals surface area contributed by atoms with Gasteiger partial charge in [-0.3, -0.25) is 4.90 Å². The number of pyridine rings is 1. The summed E-state index contributed by atoms with van der Waals surface area (Å²) in [6.07, 6.45) is -7.00. The van der Waals surface area contributed by atoms with Gasteiger partial charge in [-0.05, 0) is 117 Å². The molecule has 468 valence electrons. The number of carbonyl (C=O) groups is 1. The maximum absolute atomic E-state index is 13.6. The maximum atomic E-state index is 13.6. The van der Waals surface area contributed by atoms with Crippen LogP contribution in [-0.2, 0) is 44.3 Å². The molecule has 3 aromatic carbocycles. The summed E-state index contributed by atoms with van der Waals surface area (Å²) in [4.78, 5) is 34.5. The molecule has 0 bridgehead atoms. The minimum absolute atomic E-state index is 0.0419. The number of cyclic esters (lactones) is 1. The Bertz CT molecular complexity index is 2800. The number of rotatable bonds is 11. The molecule has 0 N–H and O–H groups in total. The average Bonchev–Trinajstić information content (AvgIpc) is 4.36. The second-order valence-electron chi connectivity index (χ2n) is 25.5. The van der Waals surface area contributed by atoms with Crippen LogP contribution in [0.4, 0.5) is 48.5 Å². The molecule has 1 aliphatic carbocycles. The van der Waals surface area contributed by atoms with E-state index in [-0.39, 0.29) is 44.4 Å². The van der Waals surface area contributed by atoms with Gasteiger partial charge in [0.1, 0.15) is 6.10 Å². The van der Waals surface area contributed by atoms with Crippen LogP contribution in [0.5, 0.6) is 5.88 Å². The van der Waals surface area contributed by atoms with Crippen molar-refractivity contribution < 1.29 is 61.3 Å². The number of carbonyl (C=O) groups excluding carboxylic acids is 1. The number of anilines is 3. The van der Waals surface area contributed by atoms with E-state index >= 15 is 0 Å². The minimum atomic E-state index is -5.05. The molecule has 3 fully saturated rings. The fourth-order valence-electron chi connectivity index (χ4n) is 11.0. The number of hydrogen-bond acceptors (Lipinski definition) is 10. The zero-order valence-electron chi connectivity index (χ0n) is 51.8. The van der Waals surface area contributed by atoms with E-state index in [0.29, 0.717) is 93.6 Å². The number of hydrogen-bond donors (Lipinski definition) is 0. The molecular weight excluding hydrogens is 1260 g/mol. The Hall–Kier alpha value is -4.00. The number of ether oxygens (including phenoxy) is 3. The van der Waals surface area contributed by atoms with Gasteiger partial charge in [0.05, 0.1) is 49.7 Å². The predicted molar refractivity (Wildman–Crippen MR) is 333 cm³/mol. The number of methoxy groups -OCH3 is 1. The normalized spacial score (nSPS) is 17.0.